The molecule has 6 heteroatoms. The van der Waals surface area contributed by atoms with Gasteiger partial charge in [-0.05, 0) is 39.7 Å². The maximum Gasteiger partial charge on any atom is 0.252 e. The van der Waals surface area contributed by atoms with Crippen LogP contribution in [0.15, 0.2) is 53.3 Å². The number of pyridine rings is 1. The number of rotatable bonds is 5. The zero-order chi connectivity index (χ0) is 15.1. The summed E-state index contributed by atoms with van der Waals surface area (Å²) in [6.07, 6.45) is 3.35. The summed E-state index contributed by atoms with van der Waals surface area (Å²) in [6, 6.07) is 10.7. The van der Waals surface area contributed by atoms with Gasteiger partial charge in [0.25, 0.3) is 5.91 Å². The highest BCUT2D eigenvalue weighted by atomic mass is 79.9. The highest BCUT2D eigenvalue weighted by Crippen LogP contribution is 2.15. The molecule has 0 unspecified atom stereocenters. The lowest BCUT2D eigenvalue weighted by Crippen LogP contribution is -2.36. The third kappa shape index (κ3) is 4.68. The van der Waals surface area contributed by atoms with Crippen molar-refractivity contribution in [2.24, 2.45) is 0 Å². The van der Waals surface area contributed by atoms with E-state index in [1.807, 2.05) is 12.1 Å². The van der Waals surface area contributed by atoms with Crippen molar-refractivity contribution in [2.45, 2.75) is 6.54 Å². The fourth-order valence-corrected chi connectivity index (χ4v) is 2.13. The number of aromatic nitrogens is 1. The van der Waals surface area contributed by atoms with Crippen LogP contribution in [0.4, 0.5) is 0 Å². The van der Waals surface area contributed by atoms with E-state index >= 15 is 0 Å². The van der Waals surface area contributed by atoms with Gasteiger partial charge in [0, 0.05) is 23.4 Å². The quantitative estimate of drug-likeness (QED) is 0.867. The molecule has 0 spiro atoms. The molecule has 2 N–H and O–H groups in total. The Bertz CT molecular complexity index is 632. The lowest BCUT2D eigenvalue weighted by molar-refractivity contribution is -0.120. The molecular formula is C15H14BrN3O2. The van der Waals surface area contributed by atoms with Crippen molar-refractivity contribution >= 4 is 27.7 Å². The molecule has 5 nitrogen and oxygen atoms in total. The van der Waals surface area contributed by atoms with Crippen molar-refractivity contribution in [1.82, 2.24) is 15.6 Å². The van der Waals surface area contributed by atoms with Gasteiger partial charge in [-0.25, -0.2) is 0 Å². The third-order valence-corrected chi connectivity index (χ3v) is 3.43. The number of hydrogen-bond donors (Lipinski definition) is 2. The van der Waals surface area contributed by atoms with E-state index in [1.54, 1.807) is 36.7 Å². The van der Waals surface area contributed by atoms with Gasteiger partial charge < -0.3 is 10.6 Å². The second-order valence-electron chi connectivity index (χ2n) is 4.30. The van der Waals surface area contributed by atoms with Crippen LogP contribution in [0.25, 0.3) is 0 Å². The van der Waals surface area contributed by atoms with E-state index < -0.39 is 0 Å². The summed E-state index contributed by atoms with van der Waals surface area (Å²) in [5.74, 6) is -0.543. The van der Waals surface area contributed by atoms with E-state index in [2.05, 4.69) is 31.5 Å². The Morgan fingerprint density at radius 1 is 1.10 bits per heavy atom. The highest BCUT2D eigenvalue weighted by molar-refractivity contribution is 9.10. The van der Waals surface area contributed by atoms with Gasteiger partial charge in [0.2, 0.25) is 5.91 Å². The molecule has 0 bridgehead atoms. The van der Waals surface area contributed by atoms with E-state index in [1.165, 1.54) is 0 Å². The predicted octanol–water partition coefficient (Wildman–Crippen LogP) is 1.89. The Kier molecular flexibility index (Phi) is 5.45. The fourth-order valence-electron chi connectivity index (χ4n) is 1.67. The van der Waals surface area contributed by atoms with E-state index in [0.717, 1.165) is 5.56 Å². The highest BCUT2D eigenvalue weighted by Gasteiger charge is 2.10. The molecule has 0 aliphatic rings. The first-order valence-electron chi connectivity index (χ1n) is 6.35. The van der Waals surface area contributed by atoms with Crippen LogP contribution in [0.1, 0.15) is 15.9 Å². The van der Waals surface area contributed by atoms with Crippen LogP contribution < -0.4 is 10.6 Å². The summed E-state index contributed by atoms with van der Waals surface area (Å²) in [4.78, 5) is 27.6. The second kappa shape index (κ2) is 7.54. The Hall–Kier alpha value is -2.21. The Morgan fingerprint density at radius 2 is 1.90 bits per heavy atom. The lowest BCUT2D eigenvalue weighted by atomic mass is 10.2. The van der Waals surface area contributed by atoms with Gasteiger partial charge in [0.15, 0.2) is 0 Å². The smallest absolute Gasteiger partial charge is 0.252 e. The molecule has 0 atom stereocenters. The second-order valence-corrected chi connectivity index (χ2v) is 5.15. The summed E-state index contributed by atoms with van der Waals surface area (Å²) in [7, 11) is 0. The summed E-state index contributed by atoms with van der Waals surface area (Å²) in [6.45, 7) is 0.317. The molecule has 2 rings (SSSR count). The van der Waals surface area contributed by atoms with Gasteiger partial charge in [-0.15, -0.1) is 0 Å². The number of benzene rings is 1. The van der Waals surface area contributed by atoms with E-state index in [0.29, 0.717) is 16.6 Å². The zero-order valence-corrected chi connectivity index (χ0v) is 12.8. The van der Waals surface area contributed by atoms with Crippen LogP contribution in [0.3, 0.4) is 0 Å². The summed E-state index contributed by atoms with van der Waals surface area (Å²) in [5, 5.41) is 5.29. The molecule has 1 heterocycles. The molecule has 21 heavy (non-hydrogen) atoms. The monoisotopic (exact) mass is 347 g/mol. The summed E-state index contributed by atoms with van der Waals surface area (Å²) >= 11 is 3.30. The van der Waals surface area contributed by atoms with Crippen LogP contribution in [0.2, 0.25) is 0 Å². The van der Waals surface area contributed by atoms with Crippen molar-refractivity contribution in [1.29, 1.82) is 0 Å². The van der Waals surface area contributed by atoms with Crippen molar-refractivity contribution in [3.05, 3.63) is 64.4 Å². The number of carbonyl (C=O) groups excluding carboxylic acids is 2. The minimum absolute atomic E-state index is 0.0690. The SMILES string of the molecule is O=C(CNC(=O)c1ccccc1Br)NCc1cccnc1. The van der Waals surface area contributed by atoms with Gasteiger partial charge >= 0.3 is 0 Å². The van der Waals surface area contributed by atoms with Gasteiger partial charge in [-0.1, -0.05) is 18.2 Å². The van der Waals surface area contributed by atoms with Gasteiger partial charge in [-0.2, -0.15) is 0 Å². The standard InChI is InChI=1S/C15H14BrN3O2/c16-13-6-2-1-5-12(13)15(21)19-10-14(20)18-9-11-4-3-7-17-8-11/h1-8H,9-10H2,(H,18,20)(H,19,21). The third-order valence-electron chi connectivity index (χ3n) is 2.74. The molecule has 2 aromatic rings. The summed E-state index contributed by atoms with van der Waals surface area (Å²) < 4.78 is 0.693. The number of hydrogen-bond acceptors (Lipinski definition) is 3. The van der Waals surface area contributed by atoms with Crippen molar-refractivity contribution < 1.29 is 9.59 Å². The number of nitrogens with one attached hydrogen (secondary N) is 2. The fraction of sp³-hybridized carbons (Fsp3) is 0.133. The van der Waals surface area contributed by atoms with Crippen LogP contribution in [0, 0.1) is 0 Å². The zero-order valence-electron chi connectivity index (χ0n) is 11.2. The Morgan fingerprint density at radius 3 is 2.62 bits per heavy atom. The number of nitrogens with zero attached hydrogens (tertiary/aromatic N) is 1. The molecule has 1 aromatic carbocycles. The summed E-state index contributed by atoms with van der Waals surface area (Å²) in [5.41, 5.74) is 1.40. The molecule has 0 saturated carbocycles. The first kappa shape index (κ1) is 15.2. The number of amides is 2. The van der Waals surface area contributed by atoms with Gasteiger partial charge in [-0.3, -0.25) is 14.6 Å². The van der Waals surface area contributed by atoms with Gasteiger partial charge in [0.05, 0.1) is 12.1 Å². The lowest BCUT2D eigenvalue weighted by Gasteiger charge is -2.08. The van der Waals surface area contributed by atoms with E-state index in [9.17, 15) is 9.59 Å². The van der Waals surface area contributed by atoms with Crippen LogP contribution in [0.5, 0.6) is 0 Å². The average Bonchev–Trinajstić information content (AvgIpc) is 2.52. The maximum atomic E-state index is 11.9. The molecule has 2 amide bonds. The normalized spacial score (nSPS) is 9.95. The number of carbonyl (C=O) groups is 2. The van der Waals surface area contributed by atoms with Crippen LogP contribution >= 0.6 is 15.9 Å². The molecule has 0 saturated heterocycles. The molecule has 108 valence electrons. The van der Waals surface area contributed by atoms with Crippen LogP contribution in [-0.4, -0.2) is 23.3 Å². The Labute approximate surface area is 130 Å². The first-order chi connectivity index (χ1) is 10.2. The van der Waals surface area contributed by atoms with Crippen molar-refractivity contribution in [2.75, 3.05) is 6.54 Å². The van der Waals surface area contributed by atoms with Crippen molar-refractivity contribution in [3.63, 3.8) is 0 Å². The van der Waals surface area contributed by atoms with E-state index in [-0.39, 0.29) is 18.4 Å². The van der Waals surface area contributed by atoms with E-state index in [4.69, 9.17) is 0 Å². The van der Waals surface area contributed by atoms with Crippen LogP contribution in [-0.2, 0) is 11.3 Å². The molecular weight excluding hydrogens is 334 g/mol. The average molecular weight is 348 g/mol. The topological polar surface area (TPSA) is 71.1 Å². The minimum Gasteiger partial charge on any atom is -0.350 e. The first-order valence-corrected chi connectivity index (χ1v) is 7.14. The predicted molar refractivity (Wildman–Crippen MR) is 82.6 cm³/mol. The van der Waals surface area contributed by atoms with Crippen molar-refractivity contribution in [3.8, 4) is 0 Å². The molecule has 0 aliphatic carbocycles. The Balaban J connectivity index is 1.79. The molecule has 0 aliphatic heterocycles. The molecule has 1 aromatic heterocycles. The van der Waals surface area contributed by atoms with Gasteiger partial charge in [0.1, 0.15) is 0 Å². The molecule has 0 fully saturated rings. The maximum absolute atomic E-state index is 11.9. The number of halogens is 1. The largest absolute Gasteiger partial charge is 0.350 e. The molecule has 0 radical (unpaired) electrons. The minimum atomic E-state index is -0.293.